The third-order valence-corrected chi connectivity index (χ3v) is 6.77. The molecule has 7 nitrogen and oxygen atoms in total. The standard InChI is InChI=1S/C19H19N3O4S2/c1-25-15-6-7-18(17(11-15)26-2)28(23,24)21-14-5-3-4-13(10-14)16-12-22-8-9-27-19(22)20-16/h3-7,10-12,21H,8-9H2,1-2H3. The lowest BCUT2D eigenvalue weighted by atomic mass is 10.1. The van der Waals surface area contributed by atoms with E-state index in [0.29, 0.717) is 11.4 Å². The molecule has 146 valence electrons. The van der Waals surface area contributed by atoms with Crippen molar-refractivity contribution in [2.75, 3.05) is 24.7 Å². The van der Waals surface area contributed by atoms with E-state index in [1.54, 1.807) is 36.0 Å². The van der Waals surface area contributed by atoms with Gasteiger partial charge in [0, 0.05) is 35.8 Å². The zero-order valence-corrected chi connectivity index (χ0v) is 17.0. The third kappa shape index (κ3) is 3.55. The van der Waals surface area contributed by atoms with E-state index in [2.05, 4.69) is 14.3 Å². The first-order valence-electron chi connectivity index (χ1n) is 8.55. The minimum Gasteiger partial charge on any atom is -0.497 e. The number of thioether (sulfide) groups is 1. The summed E-state index contributed by atoms with van der Waals surface area (Å²) in [5.41, 5.74) is 2.13. The van der Waals surface area contributed by atoms with Crippen LogP contribution < -0.4 is 14.2 Å². The summed E-state index contributed by atoms with van der Waals surface area (Å²) in [4.78, 5) is 4.66. The van der Waals surface area contributed by atoms with Gasteiger partial charge < -0.3 is 14.0 Å². The SMILES string of the molecule is COc1ccc(S(=O)(=O)Nc2cccc(-c3cn4c(n3)SCC4)c2)c(OC)c1. The Bertz CT molecular complexity index is 1100. The predicted octanol–water partition coefficient (Wildman–Crippen LogP) is 3.47. The molecule has 0 spiro atoms. The van der Waals surface area contributed by atoms with Gasteiger partial charge in [0.25, 0.3) is 10.0 Å². The molecule has 3 aromatic rings. The van der Waals surface area contributed by atoms with E-state index in [0.717, 1.165) is 28.7 Å². The Morgan fingerprint density at radius 2 is 2.00 bits per heavy atom. The molecule has 1 aliphatic rings. The second-order valence-electron chi connectivity index (χ2n) is 6.15. The molecule has 0 saturated heterocycles. The van der Waals surface area contributed by atoms with Gasteiger partial charge in [0.1, 0.15) is 16.4 Å². The highest BCUT2D eigenvalue weighted by atomic mass is 32.2. The molecule has 1 aromatic heterocycles. The highest BCUT2D eigenvalue weighted by Crippen LogP contribution is 2.32. The number of ether oxygens (including phenoxy) is 2. The van der Waals surface area contributed by atoms with Crippen LogP contribution in [0.3, 0.4) is 0 Å². The number of hydrogen-bond acceptors (Lipinski definition) is 6. The number of hydrogen-bond donors (Lipinski definition) is 1. The molecule has 0 amide bonds. The summed E-state index contributed by atoms with van der Waals surface area (Å²) >= 11 is 1.72. The van der Waals surface area contributed by atoms with Crippen molar-refractivity contribution < 1.29 is 17.9 Å². The summed E-state index contributed by atoms with van der Waals surface area (Å²) in [6.07, 6.45) is 2.00. The first kappa shape index (κ1) is 18.7. The highest BCUT2D eigenvalue weighted by Gasteiger charge is 2.21. The van der Waals surface area contributed by atoms with Crippen molar-refractivity contribution in [3.05, 3.63) is 48.7 Å². The number of anilines is 1. The summed E-state index contributed by atoms with van der Waals surface area (Å²) in [5, 5.41) is 0.990. The second kappa shape index (κ2) is 7.40. The number of nitrogens with zero attached hydrogens (tertiary/aromatic N) is 2. The lowest BCUT2D eigenvalue weighted by Crippen LogP contribution is -2.14. The molecule has 1 N–H and O–H groups in total. The molecule has 0 saturated carbocycles. The van der Waals surface area contributed by atoms with Crippen molar-refractivity contribution in [1.82, 2.24) is 9.55 Å². The molecule has 0 atom stereocenters. The number of sulfonamides is 1. The van der Waals surface area contributed by atoms with Crippen LogP contribution in [0.15, 0.2) is 58.7 Å². The minimum absolute atomic E-state index is 0.0403. The number of imidazole rings is 1. The fourth-order valence-corrected chi connectivity index (χ4v) is 5.14. The zero-order chi connectivity index (χ0) is 19.7. The maximum atomic E-state index is 12.9. The van der Waals surface area contributed by atoms with Crippen LogP contribution in [-0.2, 0) is 16.6 Å². The lowest BCUT2D eigenvalue weighted by Gasteiger charge is -2.13. The topological polar surface area (TPSA) is 82.5 Å². The number of benzene rings is 2. The van der Waals surface area contributed by atoms with Crippen LogP contribution in [0.4, 0.5) is 5.69 Å². The van der Waals surface area contributed by atoms with Crippen molar-refractivity contribution in [2.45, 2.75) is 16.6 Å². The number of aromatic nitrogens is 2. The average molecular weight is 418 g/mol. The quantitative estimate of drug-likeness (QED) is 0.661. The van der Waals surface area contributed by atoms with Gasteiger partial charge in [-0.25, -0.2) is 13.4 Å². The lowest BCUT2D eigenvalue weighted by molar-refractivity contribution is 0.386. The highest BCUT2D eigenvalue weighted by molar-refractivity contribution is 7.99. The van der Waals surface area contributed by atoms with Gasteiger partial charge in [-0.1, -0.05) is 23.9 Å². The van der Waals surface area contributed by atoms with E-state index in [9.17, 15) is 8.42 Å². The normalized spacial score (nSPS) is 13.2. The number of methoxy groups -OCH3 is 2. The Morgan fingerprint density at radius 1 is 1.14 bits per heavy atom. The van der Waals surface area contributed by atoms with Gasteiger partial charge in [0.05, 0.1) is 19.9 Å². The number of aryl methyl sites for hydroxylation is 1. The van der Waals surface area contributed by atoms with Gasteiger partial charge in [0.15, 0.2) is 5.16 Å². The predicted molar refractivity (Wildman–Crippen MR) is 109 cm³/mol. The van der Waals surface area contributed by atoms with Gasteiger partial charge in [0.2, 0.25) is 0 Å². The zero-order valence-electron chi connectivity index (χ0n) is 15.4. The van der Waals surface area contributed by atoms with Crippen LogP contribution >= 0.6 is 11.8 Å². The molecule has 0 unspecified atom stereocenters. The van der Waals surface area contributed by atoms with Gasteiger partial charge >= 0.3 is 0 Å². The molecular weight excluding hydrogens is 398 g/mol. The Balaban J connectivity index is 1.63. The monoisotopic (exact) mass is 417 g/mol. The van der Waals surface area contributed by atoms with E-state index in [4.69, 9.17) is 9.47 Å². The summed E-state index contributed by atoms with van der Waals surface area (Å²) < 4.78 is 40.9. The van der Waals surface area contributed by atoms with Gasteiger partial charge in [-0.15, -0.1) is 0 Å². The molecule has 0 radical (unpaired) electrons. The fourth-order valence-electron chi connectivity index (χ4n) is 3.00. The van der Waals surface area contributed by atoms with E-state index < -0.39 is 10.0 Å². The molecule has 0 aliphatic carbocycles. The van der Waals surface area contributed by atoms with Crippen LogP contribution in [0.2, 0.25) is 0 Å². The minimum atomic E-state index is -3.84. The van der Waals surface area contributed by atoms with Crippen LogP contribution in [0.25, 0.3) is 11.3 Å². The smallest absolute Gasteiger partial charge is 0.265 e. The van der Waals surface area contributed by atoms with Crippen LogP contribution in [-0.4, -0.2) is 37.9 Å². The Hall–Kier alpha value is -2.65. The fraction of sp³-hybridized carbons (Fsp3) is 0.211. The Kier molecular flexibility index (Phi) is 4.94. The van der Waals surface area contributed by atoms with Crippen LogP contribution in [0.5, 0.6) is 11.5 Å². The van der Waals surface area contributed by atoms with Crippen molar-refractivity contribution in [3.63, 3.8) is 0 Å². The molecule has 28 heavy (non-hydrogen) atoms. The largest absolute Gasteiger partial charge is 0.497 e. The second-order valence-corrected chi connectivity index (χ2v) is 8.87. The summed E-state index contributed by atoms with van der Waals surface area (Å²) in [6.45, 7) is 0.941. The first-order chi connectivity index (χ1) is 13.5. The summed E-state index contributed by atoms with van der Waals surface area (Å²) in [7, 11) is -0.905. The first-order valence-corrected chi connectivity index (χ1v) is 11.0. The molecule has 2 aromatic carbocycles. The maximum Gasteiger partial charge on any atom is 0.265 e. The van der Waals surface area contributed by atoms with E-state index in [-0.39, 0.29) is 10.6 Å². The maximum absolute atomic E-state index is 12.9. The molecular formula is C19H19N3O4S2. The van der Waals surface area contributed by atoms with Crippen molar-refractivity contribution in [2.24, 2.45) is 0 Å². The van der Waals surface area contributed by atoms with Gasteiger partial charge in [-0.3, -0.25) is 4.72 Å². The van der Waals surface area contributed by atoms with E-state index in [1.165, 1.54) is 26.4 Å². The molecule has 9 heteroatoms. The molecule has 2 heterocycles. The van der Waals surface area contributed by atoms with Crippen LogP contribution in [0, 0.1) is 0 Å². The average Bonchev–Trinajstić information content (AvgIpc) is 3.29. The summed E-state index contributed by atoms with van der Waals surface area (Å²) in [5.74, 6) is 1.76. The third-order valence-electron chi connectivity index (χ3n) is 4.37. The number of nitrogens with one attached hydrogen (secondary N) is 1. The van der Waals surface area contributed by atoms with Crippen LogP contribution in [0.1, 0.15) is 0 Å². The molecule has 1 aliphatic heterocycles. The van der Waals surface area contributed by atoms with Gasteiger partial charge in [-0.2, -0.15) is 0 Å². The van der Waals surface area contributed by atoms with Crippen molar-refractivity contribution in [1.29, 1.82) is 0 Å². The summed E-state index contributed by atoms with van der Waals surface area (Å²) in [6, 6.07) is 11.8. The Labute approximate surface area is 167 Å². The van der Waals surface area contributed by atoms with Crippen molar-refractivity contribution >= 4 is 27.5 Å². The van der Waals surface area contributed by atoms with E-state index >= 15 is 0 Å². The number of fused-ring (bicyclic) bond motifs is 1. The van der Waals surface area contributed by atoms with E-state index in [1.807, 2.05) is 12.3 Å². The molecule has 0 fully saturated rings. The Morgan fingerprint density at radius 3 is 2.75 bits per heavy atom. The van der Waals surface area contributed by atoms with Crippen molar-refractivity contribution in [3.8, 4) is 22.8 Å². The molecule has 4 rings (SSSR count). The molecule has 0 bridgehead atoms. The number of rotatable bonds is 6. The van der Waals surface area contributed by atoms with Gasteiger partial charge in [-0.05, 0) is 24.3 Å².